The number of nitro benzene ring substituents is 1. The summed E-state index contributed by atoms with van der Waals surface area (Å²) in [6.45, 7) is 0.182. The number of nitrogens with zero attached hydrogens (tertiary/aromatic N) is 2. The summed E-state index contributed by atoms with van der Waals surface area (Å²) >= 11 is 0. The van der Waals surface area contributed by atoms with Gasteiger partial charge >= 0.3 is 0 Å². The Labute approximate surface area is 161 Å². The van der Waals surface area contributed by atoms with Crippen molar-refractivity contribution in [2.75, 3.05) is 11.9 Å². The molecule has 0 bridgehead atoms. The monoisotopic (exact) mass is 373 g/mol. The van der Waals surface area contributed by atoms with E-state index in [4.69, 9.17) is 5.11 Å². The van der Waals surface area contributed by atoms with Crippen molar-refractivity contribution in [3.05, 3.63) is 82.4 Å². The first-order chi connectivity index (χ1) is 13.7. The number of pyridine rings is 1. The summed E-state index contributed by atoms with van der Waals surface area (Å²) in [5.74, 6) is 0. The van der Waals surface area contributed by atoms with Crippen LogP contribution < -0.4 is 5.32 Å². The van der Waals surface area contributed by atoms with Crippen molar-refractivity contribution >= 4 is 38.9 Å². The molecule has 0 aliphatic rings. The molecule has 4 rings (SSSR count). The van der Waals surface area contributed by atoms with Crippen LogP contribution in [0.25, 0.3) is 21.8 Å². The zero-order valence-electron chi connectivity index (χ0n) is 15.1. The summed E-state index contributed by atoms with van der Waals surface area (Å²) in [6.07, 6.45) is 1.58. The van der Waals surface area contributed by atoms with Gasteiger partial charge < -0.3 is 10.4 Å². The van der Waals surface area contributed by atoms with Gasteiger partial charge in [-0.2, -0.15) is 0 Å². The maximum absolute atomic E-state index is 11.1. The van der Waals surface area contributed by atoms with Gasteiger partial charge in [-0.05, 0) is 42.7 Å². The minimum atomic E-state index is -0.408. The molecule has 0 aliphatic carbocycles. The molecule has 0 spiro atoms. The number of nitro groups is 1. The van der Waals surface area contributed by atoms with Crippen LogP contribution in [0.15, 0.2) is 66.7 Å². The van der Waals surface area contributed by atoms with Crippen molar-refractivity contribution in [2.24, 2.45) is 0 Å². The molecule has 6 nitrogen and oxygen atoms in total. The molecule has 4 aromatic rings. The van der Waals surface area contributed by atoms with E-state index in [1.165, 1.54) is 17.7 Å². The van der Waals surface area contributed by atoms with Crippen molar-refractivity contribution < 1.29 is 10.0 Å². The van der Waals surface area contributed by atoms with Gasteiger partial charge in [-0.3, -0.25) is 10.1 Å². The lowest BCUT2D eigenvalue weighted by Gasteiger charge is -2.14. The first kappa shape index (κ1) is 17.9. The molecule has 1 aromatic heterocycles. The summed E-state index contributed by atoms with van der Waals surface area (Å²) in [4.78, 5) is 15.3. The van der Waals surface area contributed by atoms with E-state index in [0.29, 0.717) is 5.52 Å². The van der Waals surface area contributed by atoms with Gasteiger partial charge in [-0.25, -0.2) is 4.98 Å². The Morgan fingerprint density at radius 3 is 2.46 bits per heavy atom. The van der Waals surface area contributed by atoms with Crippen LogP contribution in [0.1, 0.15) is 12.0 Å². The number of para-hydroxylation sites is 1. The molecule has 0 unspecified atom stereocenters. The number of hydrogen-bond acceptors (Lipinski definition) is 5. The smallest absolute Gasteiger partial charge is 0.271 e. The maximum atomic E-state index is 11.1. The van der Waals surface area contributed by atoms with Crippen LogP contribution >= 0.6 is 0 Å². The molecule has 140 valence electrons. The van der Waals surface area contributed by atoms with Gasteiger partial charge in [0.15, 0.2) is 0 Å². The predicted molar refractivity (Wildman–Crippen MR) is 111 cm³/mol. The van der Waals surface area contributed by atoms with E-state index in [1.807, 2.05) is 48.5 Å². The van der Waals surface area contributed by atoms with Gasteiger partial charge in [0.2, 0.25) is 0 Å². The minimum absolute atomic E-state index is 0.0227. The highest BCUT2D eigenvalue weighted by molar-refractivity contribution is 6.09. The van der Waals surface area contributed by atoms with Gasteiger partial charge in [0.05, 0.1) is 21.6 Å². The molecule has 6 heteroatoms. The summed E-state index contributed by atoms with van der Waals surface area (Å²) in [6, 6.07) is 20.6. The number of anilines is 2. The number of benzene rings is 3. The molecule has 0 atom stereocenters. The zero-order chi connectivity index (χ0) is 19.5. The second-order valence-electron chi connectivity index (χ2n) is 6.61. The number of rotatable bonds is 6. The second kappa shape index (κ2) is 7.62. The second-order valence-corrected chi connectivity index (χ2v) is 6.61. The van der Waals surface area contributed by atoms with Gasteiger partial charge in [-0.1, -0.05) is 30.3 Å². The van der Waals surface area contributed by atoms with Gasteiger partial charge in [0.25, 0.3) is 5.69 Å². The number of fused-ring (bicyclic) bond motifs is 2. The Morgan fingerprint density at radius 1 is 0.964 bits per heavy atom. The highest BCUT2D eigenvalue weighted by Crippen LogP contribution is 2.34. The Balaban J connectivity index is 1.80. The highest BCUT2D eigenvalue weighted by atomic mass is 16.6. The molecule has 0 amide bonds. The molecule has 0 aliphatic heterocycles. The summed E-state index contributed by atoms with van der Waals surface area (Å²) < 4.78 is 0. The van der Waals surface area contributed by atoms with E-state index in [-0.39, 0.29) is 12.3 Å². The van der Waals surface area contributed by atoms with Crippen molar-refractivity contribution in [1.29, 1.82) is 0 Å². The van der Waals surface area contributed by atoms with Gasteiger partial charge in [0.1, 0.15) is 0 Å². The fourth-order valence-electron chi connectivity index (χ4n) is 3.31. The largest absolute Gasteiger partial charge is 0.396 e. The Kier molecular flexibility index (Phi) is 4.87. The summed E-state index contributed by atoms with van der Waals surface area (Å²) in [7, 11) is 0. The zero-order valence-corrected chi connectivity index (χ0v) is 15.1. The number of aliphatic hydroxyl groups excluding tert-OH is 1. The topological polar surface area (TPSA) is 88.3 Å². The van der Waals surface area contributed by atoms with Crippen molar-refractivity contribution in [3.63, 3.8) is 0 Å². The van der Waals surface area contributed by atoms with Crippen LogP contribution in [0, 0.1) is 10.1 Å². The standard InChI is InChI=1S/C22H19N3O3/c26-13-3-4-15-7-9-16(10-8-15)23-22-18-5-1-2-6-20(18)24-21-14-17(25(27)28)11-12-19(21)22/h1-2,5-12,14,26H,3-4,13H2,(H,23,24). The number of aliphatic hydroxyl groups is 1. The van der Waals surface area contributed by atoms with E-state index in [2.05, 4.69) is 10.3 Å². The van der Waals surface area contributed by atoms with Gasteiger partial charge in [-0.15, -0.1) is 0 Å². The third kappa shape index (κ3) is 3.50. The number of nitrogens with one attached hydrogen (secondary N) is 1. The Hall–Kier alpha value is -3.51. The third-order valence-electron chi connectivity index (χ3n) is 4.72. The predicted octanol–water partition coefficient (Wildman–Crippen LogP) is 4.96. The van der Waals surface area contributed by atoms with Crippen molar-refractivity contribution in [2.45, 2.75) is 12.8 Å². The quantitative estimate of drug-likeness (QED) is 0.283. The number of non-ortho nitro benzene ring substituents is 1. The molecule has 0 saturated carbocycles. The third-order valence-corrected chi connectivity index (χ3v) is 4.72. The summed E-state index contributed by atoms with van der Waals surface area (Å²) in [5, 5.41) is 25.4. The molecule has 3 aromatic carbocycles. The van der Waals surface area contributed by atoms with Crippen LogP contribution in [-0.2, 0) is 6.42 Å². The fraction of sp³-hybridized carbons (Fsp3) is 0.136. The lowest BCUT2D eigenvalue weighted by molar-refractivity contribution is -0.384. The molecule has 28 heavy (non-hydrogen) atoms. The summed E-state index contributed by atoms with van der Waals surface area (Å²) in [5.41, 5.74) is 4.34. The Morgan fingerprint density at radius 2 is 1.71 bits per heavy atom. The van der Waals surface area contributed by atoms with Crippen LogP contribution in [0.2, 0.25) is 0 Å². The number of hydrogen-bond donors (Lipinski definition) is 2. The van der Waals surface area contributed by atoms with Crippen molar-refractivity contribution in [1.82, 2.24) is 4.98 Å². The minimum Gasteiger partial charge on any atom is -0.396 e. The van der Waals surface area contributed by atoms with E-state index in [0.717, 1.165) is 40.5 Å². The molecule has 0 radical (unpaired) electrons. The SMILES string of the molecule is O=[N+]([O-])c1ccc2c(Nc3ccc(CCCO)cc3)c3ccccc3nc2c1. The van der Waals surface area contributed by atoms with Crippen LogP contribution in [0.4, 0.5) is 17.1 Å². The average molecular weight is 373 g/mol. The highest BCUT2D eigenvalue weighted by Gasteiger charge is 2.13. The number of aryl methyl sites for hydroxylation is 1. The molecule has 2 N–H and O–H groups in total. The van der Waals surface area contributed by atoms with E-state index in [1.54, 1.807) is 6.07 Å². The first-order valence-corrected chi connectivity index (χ1v) is 9.09. The van der Waals surface area contributed by atoms with Crippen LogP contribution in [-0.4, -0.2) is 21.6 Å². The van der Waals surface area contributed by atoms with Crippen LogP contribution in [0.3, 0.4) is 0 Å². The van der Waals surface area contributed by atoms with Crippen LogP contribution in [0.5, 0.6) is 0 Å². The van der Waals surface area contributed by atoms with E-state index >= 15 is 0 Å². The Bertz CT molecular complexity index is 1160. The van der Waals surface area contributed by atoms with E-state index in [9.17, 15) is 10.1 Å². The molecule has 0 fully saturated rings. The number of aromatic nitrogens is 1. The lowest BCUT2D eigenvalue weighted by Crippen LogP contribution is -1.97. The molecular weight excluding hydrogens is 354 g/mol. The first-order valence-electron chi connectivity index (χ1n) is 9.09. The normalized spacial score (nSPS) is 11.0. The molecule has 1 heterocycles. The van der Waals surface area contributed by atoms with E-state index < -0.39 is 4.92 Å². The average Bonchev–Trinajstić information content (AvgIpc) is 2.72. The maximum Gasteiger partial charge on any atom is 0.271 e. The van der Waals surface area contributed by atoms with Gasteiger partial charge in [0, 0.05) is 35.2 Å². The molecular formula is C22H19N3O3. The molecule has 0 saturated heterocycles. The lowest BCUT2D eigenvalue weighted by atomic mass is 10.1. The van der Waals surface area contributed by atoms with Crippen molar-refractivity contribution in [3.8, 4) is 0 Å². The fourth-order valence-corrected chi connectivity index (χ4v) is 3.31.